The van der Waals surface area contributed by atoms with Gasteiger partial charge in [0.1, 0.15) is 0 Å². The van der Waals surface area contributed by atoms with E-state index in [0.717, 1.165) is 16.8 Å². The molecule has 4 rings (SSSR count). The molecule has 2 atom stereocenters. The Morgan fingerprint density at radius 2 is 1.94 bits per heavy atom. The molecule has 0 aliphatic carbocycles. The van der Waals surface area contributed by atoms with Crippen molar-refractivity contribution in [2.45, 2.75) is 50.6 Å². The van der Waals surface area contributed by atoms with Gasteiger partial charge < -0.3 is 4.90 Å². The summed E-state index contributed by atoms with van der Waals surface area (Å²) in [6, 6.07) is 12.7. The summed E-state index contributed by atoms with van der Waals surface area (Å²) >= 11 is 1.23. The van der Waals surface area contributed by atoms with Gasteiger partial charge in [-0.05, 0) is 63.4 Å². The van der Waals surface area contributed by atoms with Crippen molar-refractivity contribution in [1.29, 1.82) is 0 Å². The molecule has 7 nitrogen and oxygen atoms in total. The van der Waals surface area contributed by atoms with Crippen molar-refractivity contribution < 1.29 is 13.2 Å². The van der Waals surface area contributed by atoms with E-state index in [1.54, 1.807) is 28.5 Å². The van der Waals surface area contributed by atoms with Gasteiger partial charge in [-0.15, -0.1) is 0 Å². The van der Waals surface area contributed by atoms with Crippen molar-refractivity contribution in [1.82, 2.24) is 14.5 Å². The van der Waals surface area contributed by atoms with E-state index >= 15 is 0 Å². The molecule has 1 aliphatic heterocycles. The van der Waals surface area contributed by atoms with E-state index < -0.39 is 15.1 Å². The monoisotopic (exact) mass is 499 g/mol. The summed E-state index contributed by atoms with van der Waals surface area (Å²) in [5.41, 5.74) is 3.15. The molecule has 0 radical (unpaired) electrons. The predicted molar refractivity (Wildman–Crippen MR) is 137 cm³/mol. The van der Waals surface area contributed by atoms with Gasteiger partial charge in [0.25, 0.3) is 5.56 Å². The van der Waals surface area contributed by atoms with Crippen LogP contribution >= 0.6 is 11.8 Å². The number of aromatic nitrogens is 2. The summed E-state index contributed by atoms with van der Waals surface area (Å²) in [6.45, 7) is 8.04. The quantitative estimate of drug-likeness (QED) is 0.381. The molecular formula is C25H29N3O4S2. The first-order valence-corrected chi connectivity index (χ1v) is 14.1. The van der Waals surface area contributed by atoms with Crippen LogP contribution in [0.5, 0.6) is 0 Å². The molecular weight excluding hydrogens is 470 g/mol. The molecule has 2 unspecified atom stereocenters. The van der Waals surface area contributed by atoms with Crippen molar-refractivity contribution >= 4 is 38.4 Å². The van der Waals surface area contributed by atoms with Crippen LogP contribution in [0.1, 0.15) is 31.4 Å². The van der Waals surface area contributed by atoms with E-state index in [1.807, 2.05) is 51.1 Å². The minimum absolute atomic E-state index is 0.00534. The highest BCUT2D eigenvalue weighted by Crippen LogP contribution is 2.29. The average Bonchev–Trinajstić information content (AvgIpc) is 3.16. The third-order valence-corrected chi connectivity index (χ3v) is 9.25. The maximum absolute atomic E-state index is 13.6. The first-order valence-electron chi connectivity index (χ1n) is 11.4. The molecule has 1 amide bonds. The largest absolute Gasteiger partial charge is 0.338 e. The van der Waals surface area contributed by atoms with E-state index in [2.05, 4.69) is 0 Å². The second-order valence-electron chi connectivity index (χ2n) is 8.71. The van der Waals surface area contributed by atoms with Crippen LogP contribution in [0.15, 0.2) is 52.4 Å². The van der Waals surface area contributed by atoms with Gasteiger partial charge in [0.05, 0.1) is 33.3 Å². The number of carbonyl (C=O) groups is 1. The fourth-order valence-corrected chi connectivity index (χ4v) is 7.16. The Labute approximate surface area is 204 Å². The molecule has 0 spiro atoms. The number of sulfone groups is 1. The number of hydrogen-bond acceptors (Lipinski definition) is 6. The molecule has 1 saturated heterocycles. The Morgan fingerprint density at radius 1 is 1.21 bits per heavy atom. The van der Waals surface area contributed by atoms with Gasteiger partial charge in [-0.25, -0.2) is 13.4 Å². The van der Waals surface area contributed by atoms with Gasteiger partial charge in [0, 0.05) is 12.6 Å². The van der Waals surface area contributed by atoms with Crippen molar-refractivity contribution in [2.24, 2.45) is 0 Å². The Kier molecular flexibility index (Phi) is 6.87. The van der Waals surface area contributed by atoms with E-state index in [4.69, 9.17) is 4.98 Å². The average molecular weight is 500 g/mol. The van der Waals surface area contributed by atoms with E-state index in [-0.39, 0.29) is 29.0 Å². The summed E-state index contributed by atoms with van der Waals surface area (Å²) in [4.78, 5) is 33.4. The van der Waals surface area contributed by atoms with Crippen LogP contribution in [0.25, 0.3) is 16.6 Å². The number of rotatable bonds is 6. The van der Waals surface area contributed by atoms with E-state index in [0.29, 0.717) is 29.0 Å². The highest BCUT2D eigenvalue weighted by Gasteiger charge is 2.36. The van der Waals surface area contributed by atoms with Crippen LogP contribution in [0, 0.1) is 13.8 Å². The minimum Gasteiger partial charge on any atom is -0.338 e. The van der Waals surface area contributed by atoms with Crippen LogP contribution in [0.2, 0.25) is 0 Å². The molecule has 2 heterocycles. The fraction of sp³-hybridized carbons (Fsp3) is 0.400. The summed E-state index contributed by atoms with van der Waals surface area (Å²) in [5, 5.41) is 0.402. The van der Waals surface area contributed by atoms with Crippen LogP contribution in [-0.2, 0) is 14.6 Å². The van der Waals surface area contributed by atoms with Gasteiger partial charge >= 0.3 is 0 Å². The molecule has 34 heavy (non-hydrogen) atoms. The molecule has 1 aliphatic rings. The van der Waals surface area contributed by atoms with Gasteiger partial charge in [0.2, 0.25) is 5.91 Å². The highest BCUT2D eigenvalue weighted by molar-refractivity contribution is 8.00. The van der Waals surface area contributed by atoms with Crippen LogP contribution in [0.4, 0.5) is 0 Å². The zero-order valence-corrected chi connectivity index (χ0v) is 21.4. The summed E-state index contributed by atoms with van der Waals surface area (Å²) in [5.74, 6) is -0.0308. The Bertz CT molecular complexity index is 1420. The zero-order chi connectivity index (χ0) is 24.6. The smallest absolute Gasteiger partial charge is 0.266 e. The van der Waals surface area contributed by atoms with Crippen molar-refractivity contribution in [3.63, 3.8) is 0 Å². The topological polar surface area (TPSA) is 89.3 Å². The van der Waals surface area contributed by atoms with Crippen molar-refractivity contribution in [3.8, 4) is 5.69 Å². The minimum atomic E-state index is -3.11. The van der Waals surface area contributed by atoms with Crippen molar-refractivity contribution in [2.75, 3.05) is 18.1 Å². The number of thioether (sulfide) groups is 1. The lowest BCUT2D eigenvalue weighted by atomic mass is 10.1. The van der Waals surface area contributed by atoms with Gasteiger partial charge in [-0.3, -0.25) is 14.2 Å². The number of nitrogens with zero attached hydrogens (tertiary/aromatic N) is 3. The summed E-state index contributed by atoms with van der Waals surface area (Å²) in [6.07, 6.45) is 0.459. The van der Waals surface area contributed by atoms with Crippen LogP contribution in [-0.4, -0.2) is 58.1 Å². The third-order valence-electron chi connectivity index (χ3n) is 6.46. The molecule has 3 aromatic rings. The normalized spacial score (nSPS) is 18.2. The number of para-hydroxylation sites is 1. The molecule has 2 aromatic carbocycles. The molecule has 9 heteroatoms. The predicted octanol–water partition coefficient (Wildman–Crippen LogP) is 3.52. The Hall–Kier alpha value is -2.65. The van der Waals surface area contributed by atoms with Crippen molar-refractivity contribution in [3.05, 3.63) is 63.9 Å². The first kappa shape index (κ1) is 24.5. The van der Waals surface area contributed by atoms with E-state index in [1.165, 1.54) is 11.8 Å². The maximum Gasteiger partial charge on any atom is 0.266 e. The lowest BCUT2D eigenvalue weighted by Crippen LogP contribution is -2.44. The maximum atomic E-state index is 13.6. The highest BCUT2D eigenvalue weighted by atomic mass is 32.2. The molecule has 1 aromatic heterocycles. The van der Waals surface area contributed by atoms with Gasteiger partial charge in [0.15, 0.2) is 15.0 Å². The van der Waals surface area contributed by atoms with Crippen LogP contribution in [0.3, 0.4) is 0 Å². The van der Waals surface area contributed by atoms with Gasteiger partial charge in [-0.2, -0.15) is 0 Å². The molecule has 0 saturated carbocycles. The SMILES string of the molecule is CCN(C(=O)C(C)Sc1nc2ccccc2c(=O)n1-c1cccc(C)c1C)C1CCS(=O)(=O)C1. The van der Waals surface area contributed by atoms with Gasteiger partial charge in [-0.1, -0.05) is 36.0 Å². The molecule has 1 fully saturated rings. The lowest BCUT2D eigenvalue weighted by Gasteiger charge is -2.29. The van der Waals surface area contributed by atoms with Crippen LogP contribution < -0.4 is 5.56 Å². The molecule has 0 bridgehead atoms. The second kappa shape index (κ2) is 9.54. The number of amides is 1. The first-order chi connectivity index (χ1) is 16.1. The number of fused-ring (bicyclic) bond motifs is 1. The summed E-state index contributed by atoms with van der Waals surface area (Å²) < 4.78 is 25.5. The number of carbonyl (C=O) groups excluding carboxylic acids is 1. The number of benzene rings is 2. The van der Waals surface area contributed by atoms with E-state index in [9.17, 15) is 18.0 Å². The zero-order valence-electron chi connectivity index (χ0n) is 19.8. The number of aryl methyl sites for hydroxylation is 1. The second-order valence-corrected chi connectivity index (χ2v) is 12.2. The number of hydrogen-bond donors (Lipinski definition) is 0. The standard InChI is InChI=1S/C25H29N3O4S2/c1-5-27(19-13-14-34(31,32)15-19)23(29)18(4)33-25-26-21-11-7-6-10-20(21)24(30)28(25)22-12-8-9-16(2)17(22)3/h6-12,18-19H,5,13-15H2,1-4H3. The Balaban J connectivity index is 1.76. The summed E-state index contributed by atoms with van der Waals surface area (Å²) in [7, 11) is -3.11. The molecule has 180 valence electrons. The third kappa shape index (κ3) is 4.63. The lowest BCUT2D eigenvalue weighted by molar-refractivity contribution is -0.131. The fourth-order valence-electron chi connectivity index (χ4n) is 4.44. The Morgan fingerprint density at radius 3 is 2.62 bits per heavy atom. The molecule has 0 N–H and O–H groups in total.